The molecule has 5 aliphatic rings. The highest BCUT2D eigenvalue weighted by Gasteiger charge is 2.65. The molecule has 5 rings (SSSR count). The molecule has 7 unspecified atom stereocenters. The molecule has 0 aromatic carbocycles. The summed E-state index contributed by atoms with van der Waals surface area (Å²) < 4.78 is 6.11. The van der Waals surface area contributed by atoms with E-state index in [0.29, 0.717) is 5.92 Å². The minimum absolute atomic E-state index is 0.0332. The molecule has 2 nitrogen and oxygen atoms in total. The lowest BCUT2D eigenvalue weighted by atomic mass is 9.61. The summed E-state index contributed by atoms with van der Waals surface area (Å²) in [7, 11) is 0. The molecule has 0 aromatic heterocycles. The van der Waals surface area contributed by atoms with Gasteiger partial charge in [0.05, 0.1) is 0 Å². The van der Waals surface area contributed by atoms with E-state index in [1.807, 2.05) is 0 Å². The van der Waals surface area contributed by atoms with Crippen molar-refractivity contribution in [3.63, 3.8) is 0 Å². The number of esters is 1. The molecule has 0 aliphatic heterocycles. The second kappa shape index (κ2) is 4.74. The first-order valence-corrected chi connectivity index (χ1v) is 9.87. The maximum Gasteiger partial charge on any atom is 0.303 e. The van der Waals surface area contributed by atoms with Gasteiger partial charge in [-0.2, -0.15) is 0 Å². The Labute approximate surface area is 134 Å². The number of hydrogen-bond acceptors (Lipinski definition) is 2. The number of fused-ring (bicyclic) bond motifs is 9. The van der Waals surface area contributed by atoms with Gasteiger partial charge < -0.3 is 4.74 Å². The largest absolute Gasteiger partial charge is 0.459 e. The third kappa shape index (κ3) is 1.76. The summed E-state index contributed by atoms with van der Waals surface area (Å²) in [6, 6.07) is 0. The SMILES string of the molecule is CC(=O)OC1(C2CC3CC2C2C4CCC(C4)C32)CCCCC1. The summed E-state index contributed by atoms with van der Waals surface area (Å²) in [6.45, 7) is 1.63. The minimum atomic E-state index is -0.0731. The summed E-state index contributed by atoms with van der Waals surface area (Å²) in [5.74, 6) is 6.71. The van der Waals surface area contributed by atoms with E-state index >= 15 is 0 Å². The predicted octanol–water partition coefficient (Wildman–Crippen LogP) is 4.57. The van der Waals surface area contributed by atoms with Crippen molar-refractivity contribution in [2.24, 2.45) is 41.4 Å². The molecule has 5 aliphatic carbocycles. The molecule has 5 fully saturated rings. The standard InChI is InChI=1S/C20H30O2/c1-12(21)22-20(7-3-2-4-8-20)17-11-15-10-16(17)19-14-6-5-13(9-14)18(15)19/h13-19H,2-11H2,1H3. The van der Waals surface area contributed by atoms with Crippen molar-refractivity contribution in [3.8, 4) is 0 Å². The van der Waals surface area contributed by atoms with Gasteiger partial charge in [-0.1, -0.05) is 6.42 Å². The molecule has 2 heteroatoms. The van der Waals surface area contributed by atoms with Crippen molar-refractivity contribution in [2.45, 2.75) is 76.7 Å². The second-order valence-corrected chi connectivity index (χ2v) is 9.21. The number of carbonyl (C=O) groups is 1. The summed E-state index contributed by atoms with van der Waals surface area (Å²) >= 11 is 0. The maximum absolute atomic E-state index is 11.8. The molecule has 0 saturated heterocycles. The van der Waals surface area contributed by atoms with Crippen LogP contribution in [0.15, 0.2) is 0 Å². The number of hydrogen-bond donors (Lipinski definition) is 0. The van der Waals surface area contributed by atoms with Gasteiger partial charge in [-0.25, -0.2) is 0 Å². The van der Waals surface area contributed by atoms with Crippen molar-refractivity contribution in [1.82, 2.24) is 0 Å². The molecule has 5 saturated carbocycles. The van der Waals surface area contributed by atoms with E-state index in [-0.39, 0.29) is 11.6 Å². The van der Waals surface area contributed by atoms with Crippen LogP contribution in [0.4, 0.5) is 0 Å². The predicted molar refractivity (Wildman–Crippen MR) is 85.1 cm³/mol. The van der Waals surface area contributed by atoms with Crippen molar-refractivity contribution in [3.05, 3.63) is 0 Å². The normalized spacial score (nSPS) is 51.0. The van der Waals surface area contributed by atoms with Crippen LogP contribution < -0.4 is 0 Å². The molecule has 0 spiro atoms. The average Bonchev–Trinajstić information content (AvgIpc) is 3.26. The van der Waals surface area contributed by atoms with Gasteiger partial charge in [-0.15, -0.1) is 0 Å². The fourth-order valence-electron chi connectivity index (χ4n) is 8.16. The smallest absolute Gasteiger partial charge is 0.303 e. The molecule has 0 heterocycles. The summed E-state index contributed by atoms with van der Waals surface area (Å²) in [6.07, 6.45) is 13.6. The van der Waals surface area contributed by atoms with Crippen LogP contribution in [0.25, 0.3) is 0 Å². The van der Waals surface area contributed by atoms with Gasteiger partial charge in [0.25, 0.3) is 0 Å². The molecule has 4 bridgehead atoms. The Morgan fingerprint density at radius 3 is 2.36 bits per heavy atom. The van der Waals surface area contributed by atoms with Gasteiger partial charge in [0.15, 0.2) is 0 Å². The summed E-state index contributed by atoms with van der Waals surface area (Å²) in [5.41, 5.74) is -0.0731. The number of rotatable bonds is 2. The van der Waals surface area contributed by atoms with Crippen LogP contribution in [0.1, 0.15) is 71.1 Å². The lowest BCUT2D eigenvalue weighted by Gasteiger charge is -2.48. The molecule has 22 heavy (non-hydrogen) atoms. The van der Waals surface area contributed by atoms with Crippen LogP contribution in [-0.2, 0) is 9.53 Å². The highest BCUT2D eigenvalue weighted by Crippen LogP contribution is 2.70. The molecule has 7 atom stereocenters. The van der Waals surface area contributed by atoms with E-state index < -0.39 is 0 Å². The quantitative estimate of drug-likeness (QED) is 0.551. The molecule has 0 radical (unpaired) electrons. The number of ether oxygens (including phenoxy) is 1. The third-order valence-corrected chi connectivity index (χ3v) is 8.46. The first kappa shape index (κ1) is 13.9. The average molecular weight is 302 g/mol. The fourth-order valence-corrected chi connectivity index (χ4v) is 8.16. The van der Waals surface area contributed by atoms with E-state index in [0.717, 1.165) is 48.3 Å². The van der Waals surface area contributed by atoms with Crippen LogP contribution >= 0.6 is 0 Å². The van der Waals surface area contributed by atoms with Gasteiger partial charge >= 0.3 is 5.97 Å². The zero-order valence-corrected chi connectivity index (χ0v) is 13.9. The van der Waals surface area contributed by atoms with E-state index in [1.165, 1.54) is 51.4 Å². The van der Waals surface area contributed by atoms with Crippen molar-refractivity contribution >= 4 is 5.97 Å². The minimum Gasteiger partial charge on any atom is -0.459 e. The van der Waals surface area contributed by atoms with Crippen LogP contribution in [0, 0.1) is 41.4 Å². The molecular formula is C20H30O2. The summed E-state index contributed by atoms with van der Waals surface area (Å²) in [4.78, 5) is 11.8. The van der Waals surface area contributed by atoms with Crippen LogP contribution in [0.3, 0.4) is 0 Å². The first-order valence-electron chi connectivity index (χ1n) is 9.87. The van der Waals surface area contributed by atoms with E-state index in [2.05, 4.69) is 0 Å². The highest BCUT2D eigenvalue weighted by molar-refractivity contribution is 5.66. The van der Waals surface area contributed by atoms with Crippen molar-refractivity contribution < 1.29 is 9.53 Å². The Morgan fingerprint density at radius 1 is 0.909 bits per heavy atom. The Morgan fingerprint density at radius 2 is 1.64 bits per heavy atom. The highest BCUT2D eigenvalue weighted by atomic mass is 16.6. The Bertz CT molecular complexity index is 478. The second-order valence-electron chi connectivity index (χ2n) is 9.21. The fraction of sp³-hybridized carbons (Fsp3) is 0.950. The molecule has 0 amide bonds. The van der Waals surface area contributed by atoms with Gasteiger partial charge in [-0.3, -0.25) is 4.79 Å². The van der Waals surface area contributed by atoms with E-state index in [4.69, 9.17) is 4.74 Å². The Kier molecular flexibility index (Phi) is 2.99. The van der Waals surface area contributed by atoms with E-state index in [1.54, 1.807) is 6.92 Å². The molecule has 0 N–H and O–H groups in total. The lowest BCUT2D eigenvalue weighted by Crippen LogP contribution is -2.49. The first-order chi connectivity index (χ1) is 10.7. The Balaban J connectivity index is 1.44. The molecule has 0 aromatic rings. The summed E-state index contributed by atoms with van der Waals surface area (Å²) in [5, 5.41) is 0. The monoisotopic (exact) mass is 302 g/mol. The number of carbonyl (C=O) groups excluding carboxylic acids is 1. The zero-order valence-electron chi connectivity index (χ0n) is 13.9. The van der Waals surface area contributed by atoms with Crippen molar-refractivity contribution in [1.29, 1.82) is 0 Å². The molecular weight excluding hydrogens is 272 g/mol. The Hall–Kier alpha value is -0.530. The third-order valence-electron chi connectivity index (χ3n) is 8.46. The van der Waals surface area contributed by atoms with Gasteiger partial charge in [0.2, 0.25) is 0 Å². The van der Waals surface area contributed by atoms with Gasteiger partial charge in [0, 0.05) is 12.8 Å². The van der Waals surface area contributed by atoms with Crippen LogP contribution in [-0.4, -0.2) is 11.6 Å². The zero-order chi connectivity index (χ0) is 14.9. The topological polar surface area (TPSA) is 26.3 Å². The van der Waals surface area contributed by atoms with Gasteiger partial charge in [-0.05, 0) is 93.3 Å². The van der Waals surface area contributed by atoms with Gasteiger partial charge in [0.1, 0.15) is 5.60 Å². The molecule has 122 valence electrons. The maximum atomic E-state index is 11.8. The van der Waals surface area contributed by atoms with Crippen LogP contribution in [0.2, 0.25) is 0 Å². The van der Waals surface area contributed by atoms with Crippen molar-refractivity contribution in [2.75, 3.05) is 0 Å². The lowest BCUT2D eigenvalue weighted by molar-refractivity contribution is -0.175. The van der Waals surface area contributed by atoms with E-state index in [9.17, 15) is 4.79 Å². The van der Waals surface area contributed by atoms with Crippen LogP contribution in [0.5, 0.6) is 0 Å².